The standard InChI is InChI=1S/C10H14F2O6S/c1-5(10(11,12)19(14,15)16)17-9(13)7-4-6-2-3-8(7)18-6/h5-8H,2-4H2,1H3,(H,14,15,16). The summed E-state index contributed by atoms with van der Waals surface area (Å²) in [5.74, 6) is -1.55. The number of hydrogen-bond acceptors (Lipinski definition) is 5. The van der Waals surface area contributed by atoms with Crippen LogP contribution in [-0.4, -0.2) is 42.5 Å². The fourth-order valence-electron chi connectivity index (χ4n) is 2.43. The lowest BCUT2D eigenvalue weighted by molar-refractivity contribution is -0.166. The summed E-state index contributed by atoms with van der Waals surface area (Å²) in [5.41, 5.74) is 0. The van der Waals surface area contributed by atoms with Crippen molar-refractivity contribution >= 4 is 16.1 Å². The van der Waals surface area contributed by atoms with Gasteiger partial charge in [-0.3, -0.25) is 9.35 Å². The summed E-state index contributed by atoms with van der Waals surface area (Å²) in [6.07, 6.45) is -0.773. The van der Waals surface area contributed by atoms with Crippen molar-refractivity contribution in [2.45, 2.75) is 49.8 Å². The highest BCUT2D eigenvalue weighted by molar-refractivity contribution is 7.86. The highest BCUT2D eigenvalue weighted by atomic mass is 32.2. The molecular formula is C10H14F2O6S. The van der Waals surface area contributed by atoms with Crippen LogP contribution in [0.25, 0.3) is 0 Å². The largest absolute Gasteiger partial charge is 0.455 e. The van der Waals surface area contributed by atoms with Crippen LogP contribution in [0.3, 0.4) is 0 Å². The van der Waals surface area contributed by atoms with Crippen LogP contribution < -0.4 is 0 Å². The summed E-state index contributed by atoms with van der Waals surface area (Å²) in [6, 6.07) is 0. The zero-order valence-corrected chi connectivity index (χ0v) is 10.9. The number of hydrogen-bond donors (Lipinski definition) is 1. The van der Waals surface area contributed by atoms with Crippen LogP contribution in [-0.2, 0) is 24.4 Å². The van der Waals surface area contributed by atoms with E-state index in [-0.39, 0.29) is 12.2 Å². The predicted molar refractivity (Wildman–Crippen MR) is 58.1 cm³/mol. The summed E-state index contributed by atoms with van der Waals surface area (Å²) >= 11 is 0. The Bertz CT molecular complexity index is 476. The summed E-state index contributed by atoms with van der Waals surface area (Å²) in [7, 11) is -5.62. The Kier molecular flexibility index (Phi) is 3.56. The molecule has 4 atom stereocenters. The number of carbonyl (C=O) groups is 1. The number of rotatable bonds is 4. The molecule has 0 aromatic rings. The van der Waals surface area contributed by atoms with Gasteiger partial charge in [0.15, 0.2) is 6.10 Å². The average Bonchev–Trinajstić information content (AvgIpc) is 2.88. The van der Waals surface area contributed by atoms with Crippen LogP contribution in [0.15, 0.2) is 0 Å². The lowest BCUT2D eigenvalue weighted by atomic mass is 9.89. The molecule has 19 heavy (non-hydrogen) atoms. The maximum Gasteiger partial charge on any atom is 0.405 e. The van der Waals surface area contributed by atoms with E-state index >= 15 is 0 Å². The Morgan fingerprint density at radius 3 is 2.53 bits per heavy atom. The fourth-order valence-corrected chi connectivity index (χ4v) is 2.89. The molecule has 0 aliphatic carbocycles. The highest BCUT2D eigenvalue weighted by Gasteiger charge is 2.53. The van der Waals surface area contributed by atoms with Gasteiger partial charge in [0.2, 0.25) is 0 Å². The van der Waals surface area contributed by atoms with E-state index in [2.05, 4.69) is 4.74 Å². The Labute approximate surface area is 108 Å². The zero-order chi connectivity index (χ0) is 14.4. The number of alkyl halides is 2. The van der Waals surface area contributed by atoms with E-state index < -0.39 is 33.4 Å². The molecule has 2 aliphatic heterocycles. The van der Waals surface area contributed by atoms with Crippen LogP contribution in [0, 0.1) is 5.92 Å². The van der Waals surface area contributed by atoms with Gasteiger partial charge >= 0.3 is 21.3 Å². The lowest BCUT2D eigenvalue weighted by Crippen LogP contribution is -2.43. The van der Waals surface area contributed by atoms with Crippen molar-refractivity contribution in [1.82, 2.24) is 0 Å². The second-order valence-corrected chi connectivity index (χ2v) is 6.33. The quantitative estimate of drug-likeness (QED) is 0.614. The van der Waals surface area contributed by atoms with E-state index in [1.807, 2.05) is 0 Å². The number of halogens is 2. The molecule has 2 aliphatic rings. The molecule has 9 heteroatoms. The topological polar surface area (TPSA) is 89.9 Å². The predicted octanol–water partition coefficient (Wildman–Crippen LogP) is 0.966. The minimum atomic E-state index is -5.62. The highest BCUT2D eigenvalue weighted by Crippen LogP contribution is 2.40. The molecule has 2 fully saturated rings. The summed E-state index contributed by atoms with van der Waals surface area (Å²) in [6.45, 7) is 0.722. The molecule has 2 rings (SSSR count). The van der Waals surface area contributed by atoms with Crippen molar-refractivity contribution in [3.8, 4) is 0 Å². The molecule has 110 valence electrons. The number of ether oxygens (including phenoxy) is 2. The molecule has 0 aromatic heterocycles. The van der Waals surface area contributed by atoms with E-state index in [4.69, 9.17) is 9.29 Å². The van der Waals surface area contributed by atoms with Gasteiger partial charge in [-0.15, -0.1) is 0 Å². The minimum absolute atomic E-state index is 0.0556. The number of carbonyl (C=O) groups excluding carboxylic acids is 1. The van der Waals surface area contributed by atoms with Gasteiger partial charge in [-0.1, -0.05) is 0 Å². The van der Waals surface area contributed by atoms with Gasteiger partial charge < -0.3 is 9.47 Å². The molecular weight excluding hydrogens is 286 g/mol. The second kappa shape index (κ2) is 4.64. The third-order valence-corrected chi connectivity index (χ3v) is 4.54. The summed E-state index contributed by atoms with van der Waals surface area (Å²) in [5, 5.41) is -4.53. The Hall–Kier alpha value is -0.800. The van der Waals surface area contributed by atoms with Crippen molar-refractivity contribution in [1.29, 1.82) is 0 Å². The summed E-state index contributed by atoms with van der Waals surface area (Å²) in [4.78, 5) is 11.7. The van der Waals surface area contributed by atoms with Crippen molar-refractivity contribution in [3.05, 3.63) is 0 Å². The molecule has 0 aromatic carbocycles. The number of esters is 1. The van der Waals surface area contributed by atoms with Crippen molar-refractivity contribution < 1.29 is 36.0 Å². The average molecular weight is 300 g/mol. The molecule has 0 amide bonds. The fraction of sp³-hybridized carbons (Fsp3) is 0.900. The van der Waals surface area contributed by atoms with Gasteiger partial charge in [0.25, 0.3) is 0 Å². The van der Waals surface area contributed by atoms with Gasteiger partial charge in [0.1, 0.15) is 0 Å². The van der Waals surface area contributed by atoms with Gasteiger partial charge in [-0.25, -0.2) is 0 Å². The first kappa shape index (κ1) is 14.6. The zero-order valence-electron chi connectivity index (χ0n) is 10.1. The van der Waals surface area contributed by atoms with E-state index in [0.29, 0.717) is 12.8 Å². The SMILES string of the molecule is CC(OC(=O)C1CC2CCC1O2)C(F)(F)S(=O)(=O)O. The first-order chi connectivity index (χ1) is 8.63. The Morgan fingerprint density at radius 2 is 2.11 bits per heavy atom. The van der Waals surface area contributed by atoms with Crippen LogP contribution >= 0.6 is 0 Å². The maximum absolute atomic E-state index is 13.2. The lowest BCUT2D eigenvalue weighted by Gasteiger charge is -2.24. The van der Waals surface area contributed by atoms with Crippen LogP contribution in [0.5, 0.6) is 0 Å². The van der Waals surface area contributed by atoms with Crippen molar-refractivity contribution in [2.24, 2.45) is 5.92 Å². The minimum Gasteiger partial charge on any atom is -0.455 e. The summed E-state index contributed by atoms with van der Waals surface area (Å²) < 4.78 is 65.7. The van der Waals surface area contributed by atoms with E-state index in [9.17, 15) is 22.0 Å². The van der Waals surface area contributed by atoms with E-state index in [1.54, 1.807) is 0 Å². The van der Waals surface area contributed by atoms with Gasteiger partial charge in [0.05, 0.1) is 18.1 Å². The monoisotopic (exact) mass is 300 g/mol. The maximum atomic E-state index is 13.2. The van der Waals surface area contributed by atoms with Crippen LogP contribution in [0.4, 0.5) is 8.78 Å². The molecule has 6 nitrogen and oxygen atoms in total. The molecule has 1 N–H and O–H groups in total. The molecule has 4 unspecified atom stereocenters. The van der Waals surface area contributed by atoms with Gasteiger partial charge in [-0.05, 0) is 26.2 Å². The second-order valence-electron chi connectivity index (χ2n) is 4.83. The smallest absolute Gasteiger partial charge is 0.405 e. The Balaban J connectivity index is 2.00. The van der Waals surface area contributed by atoms with Gasteiger partial charge in [0, 0.05) is 0 Å². The first-order valence-electron chi connectivity index (χ1n) is 5.83. The third-order valence-electron chi connectivity index (χ3n) is 3.52. The van der Waals surface area contributed by atoms with E-state index in [0.717, 1.165) is 13.3 Å². The molecule has 0 spiro atoms. The van der Waals surface area contributed by atoms with Gasteiger partial charge in [-0.2, -0.15) is 17.2 Å². The van der Waals surface area contributed by atoms with Crippen molar-refractivity contribution in [2.75, 3.05) is 0 Å². The third kappa shape index (κ3) is 2.59. The van der Waals surface area contributed by atoms with Crippen molar-refractivity contribution in [3.63, 3.8) is 0 Å². The van der Waals surface area contributed by atoms with Crippen LogP contribution in [0.2, 0.25) is 0 Å². The molecule has 2 heterocycles. The Morgan fingerprint density at radius 1 is 1.47 bits per heavy atom. The first-order valence-corrected chi connectivity index (χ1v) is 7.27. The normalized spacial score (nSPS) is 32.3. The molecule has 2 bridgehead atoms. The van der Waals surface area contributed by atoms with E-state index in [1.165, 1.54) is 0 Å². The number of fused-ring (bicyclic) bond motifs is 2. The van der Waals surface area contributed by atoms with Crippen LogP contribution in [0.1, 0.15) is 26.2 Å². The molecule has 0 saturated carbocycles. The molecule has 2 saturated heterocycles. The molecule has 0 radical (unpaired) electrons.